The molecule has 76 heavy (non-hydrogen) atoms. The second kappa shape index (κ2) is 23.9. The normalized spacial score (nSPS) is 10.7. The van der Waals surface area contributed by atoms with Crippen LogP contribution < -0.4 is 28.4 Å². The average molecular weight is 1040 g/mol. The number of rotatable bonds is 25. The molecule has 20 heteroatoms. The zero-order valence-corrected chi connectivity index (χ0v) is 39.9. The molecule has 0 saturated carbocycles. The van der Waals surface area contributed by atoms with E-state index in [1.54, 1.807) is 13.0 Å². The van der Waals surface area contributed by atoms with E-state index < -0.39 is 92.6 Å². The van der Waals surface area contributed by atoms with Crippen LogP contribution in [0.3, 0.4) is 0 Å². The molecule has 0 saturated heterocycles. The Morgan fingerprint density at radius 2 is 0.487 bits per heavy atom. The third-order valence-electron chi connectivity index (χ3n) is 11.5. The van der Waals surface area contributed by atoms with Gasteiger partial charge in [-0.15, -0.1) is 0 Å². The van der Waals surface area contributed by atoms with Gasteiger partial charge in [0.15, 0.2) is 0 Å². The van der Waals surface area contributed by atoms with Gasteiger partial charge in [-0.05, 0) is 122 Å². The molecule has 0 aliphatic heterocycles. The Bertz CT molecular complexity index is 3380. The molecule has 388 valence electrons. The fraction of sp³-hybridized carbons (Fsp3) is 0.125. The summed E-state index contributed by atoms with van der Waals surface area (Å²) < 4.78 is 38.2. The van der Waals surface area contributed by atoms with Crippen molar-refractivity contribution in [2.75, 3.05) is 0 Å². The number of benzene rings is 7. The van der Waals surface area contributed by atoms with Crippen molar-refractivity contribution in [1.29, 1.82) is 0 Å². The van der Waals surface area contributed by atoms with E-state index in [1.807, 2.05) is 0 Å². The minimum atomic E-state index is -1.48. The molecule has 7 N–H and O–H groups in total. The van der Waals surface area contributed by atoms with Crippen molar-refractivity contribution in [2.24, 2.45) is 0 Å². The predicted octanol–water partition coefficient (Wildman–Crippen LogP) is 9.36. The number of carbonyl (C=O) groups is 7. The molecule has 0 atom stereocenters. The highest BCUT2D eigenvalue weighted by Gasteiger charge is 2.28. The molecule has 0 bridgehead atoms. The number of hydrogen-bond acceptors (Lipinski definition) is 13. The fourth-order valence-electron chi connectivity index (χ4n) is 7.83. The minimum absolute atomic E-state index is 0.0563. The summed E-state index contributed by atoms with van der Waals surface area (Å²) in [4.78, 5) is 85.1. The van der Waals surface area contributed by atoms with Gasteiger partial charge in [-0.1, -0.05) is 24.3 Å². The standard InChI is InChI=1S/C56H44O20/c1-30-14-35(54(65)66)21-42(15-30)75-28-48-46(26-73-40-12-4-8-33(19-40)52(61)62)44(24-71-38-10-2-6-31(17-38)50(57)58)45(25-72-39-11-3-7-32(18-39)51(59)60)47(27-74-41-13-5-9-34(20-41)53(63)64)49(48)29-76-43-22-36(55(67)68)16-37(23-43)56(69)70/h2-23H,24-29H2,1H3,(H,57,58)(H,59,60)(H,61,62)(H,63,64)(H,65,66)(H,67,68)(H,69,70). The van der Waals surface area contributed by atoms with Crippen molar-refractivity contribution < 1.29 is 97.7 Å². The lowest BCUT2D eigenvalue weighted by Gasteiger charge is -2.28. The van der Waals surface area contributed by atoms with Crippen molar-refractivity contribution in [2.45, 2.75) is 46.6 Å². The number of hydrogen-bond donors (Lipinski definition) is 7. The summed E-state index contributed by atoms with van der Waals surface area (Å²) >= 11 is 0. The Morgan fingerprint density at radius 3 is 0.737 bits per heavy atom. The maximum atomic E-state index is 12.3. The van der Waals surface area contributed by atoms with Gasteiger partial charge in [0.25, 0.3) is 0 Å². The molecule has 7 rings (SSSR count). The van der Waals surface area contributed by atoms with E-state index >= 15 is 0 Å². The molecule has 0 fully saturated rings. The SMILES string of the molecule is Cc1cc(OCc2c(COc3cccc(C(=O)O)c3)c(COc3cccc(C(=O)O)c3)c(COc3cccc(C(=O)O)c3)c(COc3cccc(C(=O)O)c3)c2COc2cc(C(=O)O)cc(C(=O)O)c2)cc(C(=O)O)c1. The van der Waals surface area contributed by atoms with E-state index in [2.05, 4.69) is 0 Å². The third-order valence-corrected chi connectivity index (χ3v) is 11.5. The Kier molecular flexibility index (Phi) is 16.8. The highest BCUT2D eigenvalue weighted by atomic mass is 16.5. The van der Waals surface area contributed by atoms with Crippen molar-refractivity contribution in [3.05, 3.63) is 211 Å². The first kappa shape index (κ1) is 53.4. The summed E-state index contributed by atoms with van der Waals surface area (Å²) in [6.45, 7) is -1.17. The van der Waals surface area contributed by atoms with Gasteiger partial charge in [-0.3, -0.25) is 0 Å². The topological polar surface area (TPSA) is 316 Å². The van der Waals surface area contributed by atoms with Gasteiger partial charge in [-0.25, -0.2) is 33.6 Å². The van der Waals surface area contributed by atoms with Crippen LogP contribution in [0, 0.1) is 6.92 Å². The van der Waals surface area contributed by atoms with Crippen LogP contribution in [0.25, 0.3) is 0 Å². The maximum absolute atomic E-state index is 12.3. The molecule has 0 spiro atoms. The summed E-state index contributed by atoms with van der Waals surface area (Å²) in [6.07, 6.45) is 0. The lowest BCUT2D eigenvalue weighted by molar-refractivity contribution is 0.0678. The monoisotopic (exact) mass is 1040 g/mol. The average Bonchev–Trinajstić information content (AvgIpc) is 3.41. The molecular weight excluding hydrogens is 993 g/mol. The Hall–Kier alpha value is -10.4. The van der Waals surface area contributed by atoms with E-state index in [0.717, 1.165) is 18.2 Å². The minimum Gasteiger partial charge on any atom is -0.489 e. The van der Waals surface area contributed by atoms with Crippen LogP contribution >= 0.6 is 0 Å². The van der Waals surface area contributed by atoms with E-state index in [9.17, 15) is 69.3 Å². The summed E-state index contributed by atoms with van der Waals surface area (Å²) in [5.41, 5.74) is 0.223. The van der Waals surface area contributed by atoms with E-state index in [4.69, 9.17) is 28.4 Å². The van der Waals surface area contributed by atoms with Crippen LogP contribution in [0.5, 0.6) is 34.5 Å². The van der Waals surface area contributed by atoms with Gasteiger partial charge in [0.1, 0.15) is 74.1 Å². The summed E-state index contributed by atoms with van der Waals surface area (Å²) in [7, 11) is 0. The van der Waals surface area contributed by atoms with Gasteiger partial charge in [-0.2, -0.15) is 0 Å². The maximum Gasteiger partial charge on any atom is 0.335 e. The number of aryl methyl sites for hydroxylation is 1. The van der Waals surface area contributed by atoms with Crippen molar-refractivity contribution >= 4 is 41.8 Å². The van der Waals surface area contributed by atoms with Gasteiger partial charge in [0.2, 0.25) is 0 Å². The molecule has 0 amide bonds. The lowest BCUT2D eigenvalue weighted by atomic mass is 9.87. The first-order chi connectivity index (χ1) is 36.3. The number of aromatic carboxylic acids is 7. The molecular formula is C56H44O20. The highest BCUT2D eigenvalue weighted by molar-refractivity contribution is 5.95. The van der Waals surface area contributed by atoms with Crippen LogP contribution in [-0.4, -0.2) is 77.5 Å². The molecule has 7 aromatic rings. The summed E-state index contributed by atoms with van der Waals surface area (Å²) in [6, 6.07) is 29.5. The smallest absolute Gasteiger partial charge is 0.335 e. The molecule has 0 heterocycles. The van der Waals surface area contributed by atoms with Gasteiger partial charge in [0, 0.05) is 33.4 Å². The first-order valence-corrected chi connectivity index (χ1v) is 22.6. The molecule has 0 radical (unpaired) electrons. The summed E-state index contributed by atoms with van der Waals surface area (Å²) in [5.74, 6) is -9.18. The van der Waals surface area contributed by atoms with Crippen LogP contribution in [-0.2, 0) is 39.6 Å². The summed E-state index contributed by atoms with van der Waals surface area (Å²) in [5, 5.41) is 69.3. The molecule has 0 aliphatic carbocycles. The van der Waals surface area contributed by atoms with Gasteiger partial charge >= 0.3 is 41.8 Å². The Morgan fingerprint density at radius 1 is 0.276 bits per heavy atom. The van der Waals surface area contributed by atoms with Crippen molar-refractivity contribution in [3.63, 3.8) is 0 Å². The lowest BCUT2D eigenvalue weighted by Crippen LogP contribution is -2.21. The fourth-order valence-corrected chi connectivity index (χ4v) is 7.83. The largest absolute Gasteiger partial charge is 0.489 e. The molecule has 0 aromatic heterocycles. The van der Waals surface area contributed by atoms with Gasteiger partial charge < -0.3 is 64.2 Å². The molecule has 7 aromatic carbocycles. The third kappa shape index (κ3) is 13.6. The van der Waals surface area contributed by atoms with Crippen LogP contribution in [0.1, 0.15) is 111 Å². The predicted molar refractivity (Wildman–Crippen MR) is 265 cm³/mol. The van der Waals surface area contributed by atoms with Crippen LogP contribution in [0.15, 0.2) is 133 Å². The number of ether oxygens (including phenoxy) is 6. The van der Waals surface area contributed by atoms with E-state index in [-0.39, 0.29) is 95.7 Å². The van der Waals surface area contributed by atoms with E-state index in [1.165, 1.54) is 109 Å². The Labute approximate surface area is 430 Å². The first-order valence-electron chi connectivity index (χ1n) is 22.6. The zero-order valence-electron chi connectivity index (χ0n) is 39.9. The van der Waals surface area contributed by atoms with Gasteiger partial charge in [0.05, 0.1) is 38.9 Å². The van der Waals surface area contributed by atoms with Crippen LogP contribution in [0.2, 0.25) is 0 Å². The van der Waals surface area contributed by atoms with E-state index in [0.29, 0.717) is 5.56 Å². The number of carboxylic acid groups (broad SMARTS) is 7. The number of carboxylic acids is 7. The van der Waals surface area contributed by atoms with Crippen molar-refractivity contribution in [3.8, 4) is 34.5 Å². The second-order valence-electron chi connectivity index (χ2n) is 16.6. The van der Waals surface area contributed by atoms with Crippen LogP contribution in [0.4, 0.5) is 0 Å². The molecule has 20 nitrogen and oxygen atoms in total. The zero-order chi connectivity index (χ0) is 54.6. The Balaban J connectivity index is 1.54. The molecule has 0 unspecified atom stereocenters. The highest BCUT2D eigenvalue weighted by Crippen LogP contribution is 2.36. The quantitative estimate of drug-likeness (QED) is 0.0280. The van der Waals surface area contributed by atoms with Crippen molar-refractivity contribution in [1.82, 2.24) is 0 Å². The second-order valence-corrected chi connectivity index (χ2v) is 16.6. The molecule has 0 aliphatic rings.